The molecule has 0 unspecified atom stereocenters. The van der Waals surface area contributed by atoms with E-state index in [0.717, 1.165) is 38.4 Å². The molecule has 0 bridgehead atoms. The maximum Gasteiger partial charge on any atom is 0.260 e. The molecule has 1 saturated heterocycles. The molecule has 1 N–H and O–H groups in total. The summed E-state index contributed by atoms with van der Waals surface area (Å²) in [5.74, 6) is 0.572. The fourth-order valence-corrected chi connectivity index (χ4v) is 2.52. The zero-order valence-electron chi connectivity index (χ0n) is 13.1. The van der Waals surface area contributed by atoms with Gasteiger partial charge >= 0.3 is 0 Å². The topological polar surface area (TPSA) is 50.8 Å². The van der Waals surface area contributed by atoms with E-state index in [9.17, 15) is 4.79 Å². The van der Waals surface area contributed by atoms with Crippen molar-refractivity contribution in [2.75, 3.05) is 39.4 Å². The van der Waals surface area contributed by atoms with Crippen LogP contribution >= 0.6 is 11.6 Å². The van der Waals surface area contributed by atoms with Crippen molar-refractivity contribution in [3.8, 4) is 5.75 Å². The Morgan fingerprint density at radius 3 is 2.86 bits per heavy atom. The zero-order chi connectivity index (χ0) is 15.9. The summed E-state index contributed by atoms with van der Waals surface area (Å²) < 4.78 is 11.0. The predicted octanol–water partition coefficient (Wildman–Crippen LogP) is 1.86. The third-order valence-corrected chi connectivity index (χ3v) is 3.88. The first-order valence-corrected chi connectivity index (χ1v) is 7.94. The molecule has 1 aliphatic rings. The summed E-state index contributed by atoms with van der Waals surface area (Å²) in [5.41, 5.74) is 0.917. The summed E-state index contributed by atoms with van der Waals surface area (Å²) in [5, 5.41) is 3.57. The molecular weight excluding hydrogens is 304 g/mol. The lowest BCUT2D eigenvalue weighted by molar-refractivity contribution is -0.127. The van der Waals surface area contributed by atoms with Gasteiger partial charge in [0.05, 0.1) is 13.2 Å². The number of aryl methyl sites for hydroxylation is 1. The summed E-state index contributed by atoms with van der Waals surface area (Å²) in [7, 11) is 0. The first-order chi connectivity index (χ1) is 10.6. The number of benzene rings is 1. The van der Waals surface area contributed by atoms with Gasteiger partial charge in [-0.25, -0.2) is 0 Å². The predicted molar refractivity (Wildman–Crippen MR) is 86.5 cm³/mol. The van der Waals surface area contributed by atoms with Crippen LogP contribution < -0.4 is 10.1 Å². The summed E-state index contributed by atoms with van der Waals surface area (Å²) in [6.45, 7) is 8.49. The number of hydrogen-bond acceptors (Lipinski definition) is 4. The Morgan fingerprint density at radius 1 is 1.45 bits per heavy atom. The zero-order valence-corrected chi connectivity index (χ0v) is 13.9. The first-order valence-electron chi connectivity index (χ1n) is 7.57. The molecule has 1 heterocycles. The highest BCUT2D eigenvalue weighted by Crippen LogP contribution is 2.22. The third-order valence-electron chi connectivity index (χ3n) is 3.64. The van der Waals surface area contributed by atoms with Crippen LogP contribution in [0.3, 0.4) is 0 Å². The number of carbonyl (C=O) groups excluding carboxylic acids is 1. The molecule has 0 radical (unpaired) electrons. The number of hydrogen-bond donors (Lipinski definition) is 1. The Hall–Kier alpha value is -1.30. The van der Waals surface area contributed by atoms with Crippen molar-refractivity contribution in [3.05, 3.63) is 28.8 Å². The average molecular weight is 327 g/mol. The van der Waals surface area contributed by atoms with Crippen molar-refractivity contribution in [2.24, 2.45) is 0 Å². The van der Waals surface area contributed by atoms with E-state index in [0.29, 0.717) is 17.3 Å². The average Bonchev–Trinajstić information content (AvgIpc) is 2.51. The van der Waals surface area contributed by atoms with Crippen molar-refractivity contribution in [1.29, 1.82) is 0 Å². The van der Waals surface area contributed by atoms with Gasteiger partial charge in [0.1, 0.15) is 5.75 Å². The molecule has 1 atom stereocenters. The molecule has 6 heteroatoms. The van der Waals surface area contributed by atoms with Crippen molar-refractivity contribution in [2.45, 2.75) is 20.0 Å². The fraction of sp³-hybridized carbons (Fsp3) is 0.562. The Labute approximate surface area is 136 Å². The molecule has 0 aromatic heterocycles. The summed E-state index contributed by atoms with van der Waals surface area (Å²) in [4.78, 5) is 14.3. The molecule has 2 rings (SSSR count). The summed E-state index contributed by atoms with van der Waals surface area (Å²) >= 11 is 5.91. The number of nitrogens with zero attached hydrogens (tertiary/aromatic N) is 1. The molecule has 122 valence electrons. The Kier molecular flexibility index (Phi) is 6.49. The van der Waals surface area contributed by atoms with Crippen LogP contribution in [-0.2, 0) is 9.53 Å². The maximum atomic E-state index is 12.1. The van der Waals surface area contributed by atoms with Crippen LogP contribution in [0.2, 0.25) is 5.02 Å². The van der Waals surface area contributed by atoms with Crippen LogP contribution in [-0.4, -0.2) is 56.3 Å². The standard InChI is InChI=1S/C16H23ClN2O3/c1-12-11-14(17)3-4-15(12)22-13(2)16(20)18-5-6-19-7-9-21-10-8-19/h3-4,11,13H,5-10H2,1-2H3,(H,18,20)/t13-/m1/s1. The molecule has 5 nitrogen and oxygen atoms in total. The smallest absolute Gasteiger partial charge is 0.260 e. The second kappa shape index (κ2) is 8.36. The van der Waals surface area contributed by atoms with Crippen LogP contribution in [0.15, 0.2) is 18.2 Å². The molecular formula is C16H23ClN2O3. The van der Waals surface area contributed by atoms with Crippen LogP contribution in [0.4, 0.5) is 0 Å². The highest BCUT2D eigenvalue weighted by molar-refractivity contribution is 6.30. The summed E-state index contributed by atoms with van der Waals surface area (Å²) in [6.07, 6.45) is -0.537. The molecule has 1 aromatic carbocycles. The van der Waals surface area contributed by atoms with Gasteiger partial charge in [-0.05, 0) is 37.6 Å². The van der Waals surface area contributed by atoms with E-state index in [1.54, 1.807) is 19.1 Å². The lowest BCUT2D eigenvalue weighted by Gasteiger charge is -2.26. The molecule has 1 amide bonds. The van der Waals surface area contributed by atoms with E-state index < -0.39 is 6.10 Å². The molecule has 1 fully saturated rings. The lowest BCUT2D eigenvalue weighted by atomic mass is 10.2. The minimum Gasteiger partial charge on any atom is -0.481 e. The monoisotopic (exact) mass is 326 g/mol. The molecule has 0 aliphatic carbocycles. The van der Waals surface area contributed by atoms with E-state index in [1.807, 2.05) is 13.0 Å². The Morgan fingerprint density at radius 2 is 2.18 bits per heavy atom. The van der Waals surface area contributed by atoms with Gasteiger partial charge in [0.2, 0.25) is 0 Å². The van der Waals surface area contributed by atoms with E-state index >= 15 is 0 Å². The summed E-state index contributed by atoms with van der Waals surface area (Å²) in [6, 6.07) is 5.36. The first kappa shape index (κ1) is 17.1. The van der Waals surface area contributed by atoms with Gasteiger partial charge in [-0.3, -0.25) is 9.69 Å². The number of carbonyl (C=O) groups is 1. The molecule has 1 aromatic rings. The Bertz CT molecular complexity index is 504. The minimum absolute atomic E-state index is 0.109. The van der Waals surface area contributed by atoms with Crippen molar-refractivity contribution in [3.63, 3.8) is 0 Å². The van der Waals surface area contributed by atoms with Gasteiger partial charge < -0.3 is 14.8 Å². The van der Waals surface area contributed by atoms with E-state index in [1.165, 1.54) is 0 Å². The molecule has 1 aliphatic heterocycles. The second-order valence-electron chi connectivity index (χ2n) is 5.41. The van der Waals surface area contributed by atoms with E-state index in [-0.39, 0.29) is 5.91 Å². The number of halogens is 1. The lowest BCUT2D eigenvalue weighted by Crippen LogP contribution is -2.43. The fourth-order valence-electron chi connectivity index (χ4n) is 2.29. The van der Waals surface area contributed by atoms with Crippen LogP contribution in [0, 0.1) is 6.92 Å². The third kappa shape index (κ3) is 5.16. The van der Waals surface area contributed by atoms with Gasteiger partial charge in [0.15, 0.2) is 6.10 Å². The number of rotatable bonds is 6. The van der Waals surface area contributed by atoms with Crippen LogP contribution in [0.5, 0.6) is 5.75 Å². The van der Waals surface area contributed by atoms with Gasteiger partial charge in [0, 0.05) is 31.2 Å². The molecule has 0 spiro atoms. The highest BCUT2D eigenvalue weighted by Gasteiger charge is 2.16. The van der Waals surface area contributed by atoms with Gasteiger partial charge in [-0.2, -0.15) is 0 Å². The van der Waals surface area contributed by atoms with Gasteiger partial charge in [0.25, 0.3) is 5.91 Å². The minimum atomic E-state index is -0.537. The second-order valence-corrected chi connectivity index (χ2v) is 5.85. The molecule has 22 heavy (non-hydrogen) atoms. The SMILES string of the molecule is Cc1cc(Cl)ccc1O[C@H](C)C(=O)NCCN1CCOCC1. The number of amides is 1. The largest absolute Gasteiger partial charge is 0.481 e. The normalized spacial score (nSPS) is 17.0. The van der Waals surface area contributed by atoms with Crippen molar-refractivity contribution < 1.29 is 14.3 Å². The quantitative estimate of drug-likeness (QED) is 0.867. The van der Waals surface area contributed by atoms with E-state index in [2.05, 4.69) is 10.2 Å². The van der Waals surface area contributed by atoms with Crippen molar-refractivity contribution in [1.82, 2.24) is 10.2 Å². The number of ether oxygens (including phenoxy) is 2. The number of nitrogens with one attached hydrogen (secondary N) is 1. The highest BCUT2D eigenvalue weighted by atomic mass is 35.5. The van der Waals surface area contributed by atoms with Crippen LogP contribution in [0.25, 0.3) is 0 Å². The van der Waals surface area contributed by atoms with Crippen LogP contribution in [0.1, 0.15) is 12.5 Å². The van der Waals surface area contributed by atoms with Gasteiger partial charge in [-0.1, -0.05) is 11.6 Å². The Balaban J connectivity index is 1.74. The van der Waals surface area contributed by atoms with Gasteiger partial charge in [-0.15, -0.1) is 0 Å². The number of morpholine rings is 1. The van der Waals surface area contributed by atoms with E-state index in [4.69, 9.17) is 21.1 Å². The van der Waals surface area contributed by atoms with Crippen molar-refractivity contribution >= 4 is 17.5 Å². The molecule has 0 saturated carbocycles. The maximum absolute atomic E-state index is 12.1.